The number of aliphatic carboxylic acids is 2. The lowest BCUT2D eigenvalue weighted by atomic mass is 10.1. The number of carbonyl (C=O) groups excluding carboxylic acids is 5. The second-order valence-electron chi connectivity index (χ2n) is 8.98. The van der Waals surface area contributed by atoms with Gasteiger partial charge >= 0.3 is 11.9 Å². The molecule has 0 aromatic carbocycles. The smallest absolute Gasteiger partial charge is 0.326 e. The van der Waals surface area contributed by atoms with Crippen molar-refractivity contribution in [1.82, 2.24) is 26.2 Å². The number of carboxylic acid groups (broad SMARTS) is 2. The highest BCUT2D eigenvalue weighted by Gasteiger charge is 2.38. The number of nitrogens with one attached hydrogen (secondary N) is 4. The number of aliphatic imine (C=N–C) groups is 1. The molecule has 0 radical (unpaired) electrons. The van der Waals surface area contributed by atoms with Crippen molar-refractivity contribution in [3.8, 4) is 0 Å². The fraction of sp³-hybridized carbons (Fsp3) is 0.636. The van der Waals surface area contributed by atoms with Crippen LogP contribution in [0.2, 0.25) is 0 Å². The number of likely N-dealkylation sites (tertiary alicyclic amines) is 1. The average Bonchev–Trinajstić information content (AvgIpc) is 3.41. The van der Waals surface area contributed by atoms with E-state index in [1.54, 1.807) is 0 Å². The van der Waals surface area contributed by atoms with E-state index in [2.05, 4.69) is 26.3 Å². The van der Waals surface area contributed by atoms with Gasteiger partial charge in [-0.25, -0.2) is 4.79 Å². The zero-order chi connectivity index (χ0) is 31.1. The molecule has 1 aliphatic heterocycles. The van der Waals surface area contributed by atoms with Gasteiger partial charge in [-0.15, -0.1) is 0 Å². The summed E-state index contributed by atoms with van der Waals surface area (Å²) in [6.07, 6.45) is 0.0216. The molecular weight excluding hydrogens is 550 g/mol. The zero-order valence-electron chi connectivity index (χ0n) is 22.2. The highest BCUT2D eigenvalue weighted by molar-refractivity contribution is 5.96. The summed E-state index contributed by atoms with van der Waals surface area (Å²) in [6, 6.07) is -5.57. The summed E-state index contributed by atoms with van der Waals surface area (Å²) in [4.78, 5) is 89.6. The van der Waals surface area contributed by atoms with Crippen LogP contribution in [-0.2, 0) is 33.6 Å². The normalized spacial score (nSPS) is 16.4. The standard InChI is InChI=1S/C22H37N9O10/c23-8-15(33)28-11(3-1-5-26-22(24)25)18(37)27-9-16(34)29-12(7-17(35)36)19(38)30-13(10-32)20(39)31-6-2-4-14(31)21(40)41/h11-14,32H,1-10,23H2,(H,27,37)(H,28,33)(H,29,34)(H,30,38)(H,35,36)(H,40,41)(H4,24,25,26)/t11-,12-,13+,14+/m0/s1. The van der Waals surface area contributed by atoms with E-state index in [0.29, 0.717) is 6.42 Å². The summed E-state index contributed by atoms with van der Waals surface area (Å²) in [5, 5.41) is 37.0. The van der Waals surface area contributed by atoms with E-state index < -0.39 is 91.8 Å². The van der Waals surface area contributed by atoms with Crippen molar-refractivity contribution in [2.45, 2.75) is 56.3 Å². The van der Waals surface area contributed by atoms with Gasteiger partial charge in [-0.05, 0) is 25.7 Å². The lowest BCUT2D eigenvalue weighted by Crippen LogP contribution is -2.58. The van der Waals surface area contributed by atoms with Crippen molar-refractivity contribution in [3.05, 3.63) is 0 Å². The summed E-state index contributed by atoms with van der Waals surface area (Å²) >= 11 is 0. The number of hydrogen-bond donors (Lipinski definition) is 10. The van der Waals surface area contributed by atoms with Crippen LogP contribution in [0.15, 0.2) is 4.99 Å². The second-order valence-corrected chi connectivity index (χ2v) is 8.98. The van der Waals surface area contributed by atoms with Crippen molar-refractivity contribution < 1.29 is 48.9 Å². The van der Waals surface area contributed by atoms with Gasteiger partial charge in [-0.3, -0.25) is 33.8 Å². The molecule has 0 aromatic rings. The maximum atomic E-state index is 12.8. The van der Waals surface area contributed by atoms with E-state index in [0.717, 1.165) is 4.90 Å². The number of rotatable bonds is 17. The van der Waals surface area contributed by atoms with Crippen LogP contribution in [0.5, 0.6) is 0 Å². The van der Waals surface area contributed by atoms with Gasteiger partial charge < -0.3 is 58.7 Å². The van der Waals surface area contributed by atoms with Crippen LogP contribution in [0.25, 0.3) is 0 Å². The molecule has 1 aliphatic rings. The molecule has 1 rings (SSSR count). The number of aliphatic hydroxyl groups is 1. The van der Waals surface area contributed by atoms with Gasteiger partial charge in [-0.2, -0.15) is 0 Å². The number of hydrogen-bond acceptors (Lipinski definition) is 10. The molecular formula is C22H37N9O10. The van der Waals surface area contributed by atoms with Gasteiger partial charge in [0, 0.05) is 13.1 Å². The quantitative estimate of drug-likeness (QED) is 0.0431. The maximum Gasteiger partial charge on any atom is 0.326 e. The number of aliphatic hydroxyl groups excluding tert-OH is 1. The predicted octanol–water partition coefficient (Wildman–Crippen LogP) is -5.89. The highest BCUT2D eigenvalue weighted by Crippen LogP contribution is 2.18. The number of carboxylic acids is 2. The summed E-state index contributed by atoms with van der Waals surface area (Å²) in [7, 11) is 0. The molecule has 0 aromatic heterocycles. The maximum absolute atomic E-state index is 12.8. The second kappa shape index (κ2) is 17.2. The Balaban J connectivity index is 2.82. The number of nitrogens with two attached hydrogens (primary N) is 3. The van der Waals surface area contributed by atoms with Gasteiger partial charge in [0.15, 0.2) is 5.96 Å². The number of amides is 5. The Labute approximate surface area is 234 Å². The Morgan fingerprint density at radius 1 is 0.927 bits per heavy atom. The molecule has 1 saturated heterocycles. The molecule has 4 atom stereocenters. The summed E-state index contributed by atoms with van der Waals surface area (Å²) in [6.45, 7) is -1.81. The van der Waals surface area contributed by atoms with Crippen molar-refractivity contribution in [1.29, 1.82) is 0 Å². The van der Waals surface area contributed by atoms with Gasteiger partial charge in [0.25, 0.3) is 0 Å². The molecule has 0 saturated carbocycles. The van der Waals surface area contributed by atoms with Gasteiger partial charge in [0.2, 0.25) is 29.5 Å². The van der Waals surface area contributed by atoms with Crippen molar-refractivity contribution in [2.24, 2.45) is 22.2 Å². The Kier molecular flexibility index (Phi) is 14.5. The Hall–Kier alpha value is -4.52. The largest absolute Gasteiger partial charge is 0.481 e. The summed E-state index contributed by atoms with van der Waals surface area (Å²) in [5.74, 6) is -7.35. The lowest BCUT2D eigenvalue weighted by Gasteiger charge is -2.27. The van der Waals surface area contributed by atoms with E-state index >= 15 is 0 Å². The van der Waals surface area contributed by atoms with E-state index in [9.17, 15) is 48.9 Å². The van der Waals surface area contributed by atoms with Crippen LogP contribution in [0.4, 0.5) is 0 Å². The number of carbonyl (C=O) groups is 7. The van der Waals surface area contributed by atoms with Crippen LogP contribution in [0, 0.1) is 0 Å². The van der Waals surface area contributed by atoms with Crippen molar-refractivity contribution >= 4 is 47.4 Å². The molecule has 41 heavy (non-hydrogen) atoms. The number of guanidine groups is 1. The SMILES string of the molecule is NCC(=O)N[C@@H](CCCN=C(N)N)C(=O)NCC(=O)N[C@@H](CC(=O)O)C(=O)N[C@H](CO)C(=O)N1CCC[C@@H]1C(=O)O. The van der Waals surface area contributed by atoms with E-state index in [1.807, 2.05) is 0 Å². The molecule has 1 heterocycles. The molecule has 1 fully saturated rings. The zero-order valence-corrected chi connectivity index (χ0v) is 22.2. The average molecular weight is 588 g/mol. The minimum Gasteiger partial charge on any atom is -0.481 e. The van der Waals surface area contributed by atoms with Crippen molar-refractivity contribution in [3.63, 3.8) is 0 Å². The topological polar surface area (TPSA) is 322 Å². The highest BCUT2D eigenvalue weighted by atomic mass is 16.4. The molecule has 19 nitrogen and oxygen atoms in total. The first-order chi connectivity index (χ1) is 19.3. The monoisotopic (exact) mass is 587 g/mol. The first kappa shape index (κ1) is 34.5. The Morgan fingerprint density at radius 2 is 1.59 bits per heavy atom. The van der Waals surface area contributed by atoms with E-state index in [1.165, 1.54) is 0 Å². The van der Waals surface area contributed by atoms with E-state index in [4.69, 9.17) is 17.2 Å². The molecule has 0 bridgehead atoms. The first-order valence-electron chi connectivity index (χ1n) is 12.6. The van der Waals surface area contributed by atoms with Crippen LogP contribution >= 0.6 is 0 Å². The molecule has 0 unspecified atom stereocenters. The van der Waals surface area contributed by atoms with Crippen LogP contribution in [0.3, 0.4) is 0 Å². The van der Waals surface area contributed by atoms with Crippen LogP contribution in [0.1, 0.15) is 32.1 Å². The molecule has 5 amide bonds. The Bertz CT molecular complexity index is 1020. The molecule has 0 aliphatic carbocycles. The molecule has 0 spiro atoms. The fourth-order valence-corrected chi connectivity index (χ4v) is 3.89. The lowest BCUT2D eigenvalue weighted by molar-refractivity contribution is -0.150. The first-order valence-corrected chi connectivity index (χ1v) is 12.6. The third kappa shape index (κ3) is 12.0. The van der Waals surface area contributed by atoms with E-state index in [-0.39, 0.29) is 38.3 Å². The minimum absolute atomic E-state index is 0.0797. The van der Waals surface area contributed by atoms with Crippen molar-refractivity contribution in [2.75, 3.05) is 32.8 Å². The number of nitrogens with zero attached hydrogens (tertiary/aromatic N) is 2. The molecule has 13 N–H and O–H groups in total. The summed E-state index contributed by atoms with van der Waals surface area (Å²) < 4.78 is 0. The van der Waals surface area contributed by atoms with Gasteiger partial charge in [-0.1, -0.05) is 0 Å². The minimum atomic E-state index is -1.72. The summed E-state index contributed by atoms with van der Waals surface area (Å²) in [5.41, 5.74) is 15.7. The third-order valence-corrected chi connectivity index (χ3v) is 5.85. The van der Waals surface area contributed by atoms with Crippen LogP contribution < -0.4 is 38.5 Å². The molecule has 19 heteroatoms. The van der Waals surface area contributed by atoms with Crippen LogP contribution in [-0.4, -0.2) is 125 Å². The molecule has 230 valence electrons. The van der Waals surface area contributed by atoms with Gasteiger partial charge in [0.05, 0.1) is 26.1 Å². The Morgan fingerprint density at radius 3 is 2.15 bits per heavy atom. The van der Waals surface area contributed by atoms with Gasteiger partial charge in [0.1, 0.15) is 24.2 Å². The predicted molar refractivity (Wildman–Crippen MR) is 139 cm³/mol. The third-order valence-electron chi connectivity index (χ3n) is 5.85. The fourth-order valence-electron chi connectivity index (χ4n) is 3.89.